The van der Waals surface area contributed by atoms with E-state index in [9.17, 15) is 18.8 Å². The molecule has 2 aliphatic rings. The molecule has 2 aromatic rings. The molecule has 8 nitrogen and oxygen atoms in total. The quantitative estimate of drug-likeness (QED) is 0.604. The summed E-state index contributed by atoms with van der Waals surface area (Å²) < 4.78 is 19.6. The second-order valence-electron chi connectivity index (χ2n) is 9.44. The zero-order valence-corrected chi connectivity index (χ0v) is 21.7. The molecule has 0 bridgehead atoms. The zero-order valence-electron chi connectivity index (χ0n) is 21.7. The van der Waals surface area contributed by atoms with Crippen molar-refractivity contribution in [1.29, 1.82) is 0 Å². The molecule has 2 atom stereocenters. The summed E-state index contributed by atoms with van der Waals surface area (Å²) in [6, 6.07) is 12.5. The Labute approximate surface area is 216 Å². The molecule has 196 valence electrons. The Morgan fingerprint density at radius 3 is 2.49 bits per heavy atom. The molecule has 0 aromatic heterocycles. The van der Waals surface area contributed by atoms with Gasteiger partial charge in [-0.25, -0.2) is 14.0 Å². The Hall–Kier alpha value is -3.72. The van der Waals surface area contributed by atoms with Gasteiger partial charge in [-0.3, -0.25) is 14.6 Å². The summed E-state index contributed by atoms with van der Waals surface area (Å²) in [7, 11) is 1.64. The SMILES string of the molecule is CCOC(=O)C1=C(CN2CCN(C(=O)c3ccccc3F)C(C)C2)N(C)C(=O)NC1c1ccccc1C. The highest BCUT2D eigenvalue weighted by molar-refractivity contribution is 5.96. The van der Waals surface area contributed by atoms with Crippen LogP contribution in [0.25, 0.3) is 0 Å². The second-order valence-corrected chi connectivity index (χ2v) is 9.44. The number of esters is 1. The molecule has 0 spiro atoms. The number of nitrogens with one attached hydrogen (secondary N) is 1. The number of carbonyl (C=O) groups is 3. The first kappa shape index (κ1) is 26.3. The zero-order chi connectivity index (χ0) is 26.7. The van der Waals surface area contributed by atoms with Crippen molar-refractivity contribution < 1.29 is 23.5 Å². The highest BCUT2D eigenvalue weighted by Gasteiger charge is 2.39. The third-order valence-corrected chi connectivity index (χ3v) is 7.02. The van der Waals surface area contributed by atoms with E-state index in [0.29, 0.717) is 37.4 Å². The van der Waals surface area contributed by atoms with Gasteiger partial charge in [0.1, 0.15) is 5.82 Å². The summed E-state index contributed by atoms with van der Waals surface area (Å²) in [6.07, 6.45) is 0. The van der Waals surface area contributed by atoms with Gasteiger partial charge in [0.15, 0.2) is 0 Å². The molecule has 2 heterocycles. The average Bonchev–Trinajstić information content (AvgIpc) is 2.87. The highest BCUT2D eigenvalue weighted by atomic mass is 19.1. The molecule has 1 saturated heterocycles. The number of halogens is 1. The Bertz CT molecular complexity index is 1230. The van der Waals surface area contributed by atoms with E-state index in [-0.39, 0.29) is 30.2 Å². The molecule has 3 amide bonds. The van der Waals surface area contributed by atoms with Crippen molar-refractivity contribution in [3.05, 3.63) is 82.3 Å². The number of hydrogen-bond acceptors (Lipinski definition) is 5. The summed E-state index contributed by atoms with van der Waals surface area (Å²) in [6.45, 7) is 7.55. The molecule has 1 fully saturated rings. The molecule has 0 radical (unpaired) electrons. The number of aryl methyl sites for hydroxylation is 1. The number of amides is 3. The standard InChI is InChI=1S/C28H33FN4O4/c1-5-37-27(35)24-23(31(4)28(36)30-25(24)20-11-7-6-10-18(20)2)17-32-14-15-33(19(3)16-32)26(34)21-12-8-9-13-22(21)29/h6-13,19,25H,5,14-17H2,1-4H3,(H,30,36). The molecule has 2 aliphatic heterocycles. The number of hydrogen-bond donors (Lipinski definition) is 1. The van der Waals surface area contributed by atoms with Gasteiger partial charge in [-0.05, 0) is 44.0 Å². The first-order chi connectivity index (χ1) is 17.7. The van der Waals surface area contributed by atoms with Gasteiger partial charge in [-0.15, -0.1) is 0 Å². The van der Waals surface area contributed by atoms with Crippen molar-refractivity contribution in [3.8, 4) is 0 Å². The Kier molecular flexibility index (Phi) is 7.92. The number of nitrogens with zero attached hydrogens (tertiary/aromatic N) is 3. The van der Waals surface area contributed by atoms with Crippen LogP contribution in [0.3, 0.4) is 0 Å². The van der Waals surface area contributed by atoms with Crippen molar-refractivity contribution >= 4 is 17.9 Å². The van der Waals surface area contributed by atoms with Crippen molar-refractivity contribution in [2.75, 3.05) is 39.8 Å². The van der Waals surface area contributed by atoms with E-state index >= 15 is 0 Å². The number of carbonyl (C=O) groups excluding carboxylic acids is 3. The van der Waals surface area contributed by atoms with Crippen LogP contribution in [0.4, 0.5) is 9.18 Å². The molecular formula is C28H33FN4O4. The number of rotatable bonds is 6. The molecule has 0 saturated carbocycles. The van der Waals surface area contributed by atoms with Crippen molar-refractivity contribution in [3.63, 3.8) is 0 Å². The second kappa shape index (κ2) is 11.1. The van der Waals surface area contributed by atoms with E-state index in [2.05, 4.69) is 10.2 Å². The molecular weight excluding hydrogens is 475 g/mol. The predicted octanol–water partition coefficient (Wildman–Crippen LogP) is 3.49. The smallest absolute Gasteiger partial charge is 0.338 e. The number of urea groups is 1. The summed E-state index contributed by atoms with van der Waals surface area (Å²) in [4.78, 5) is 44.4. The van der Waals surface area contributed by atoms with Crippen LogP contribution >= 0.6 is 0 Å². The lowest BCUT2D eigenvalue weighted by Gasteiger charge is -2.42. The van der Waals surface area contributed by atoms with Crippen LogP contribution in [0.1, 0.15) is 41.4 Å². The molecule has 0 aliphatic carbocycles. The van der Waals surface area contributed by atoms with Gasteiger partial charge in [0, 0.05) is 45.0 Å². The number of piperazine rings is 1. The number of benzene rings is 2. The molecule has 9 heteroatoms. The van der Waals surface area contributed by atoms with E-state index in [1.165, 1.54) is 17.0 Å². The maximum atomic E-state index is 14.2. The minimum absolute atomic E-state index is 0.0554. The first-order valence-corrected chi connectivity index (χ1v) is 12.5. The fraction of sp³-hybridized carbons (Fsp3) is 0.393. The van der Waals surface area contributed by atoms with Gasteiger partial charge in [0.05, 0.1) is 23.8 Å². The van der Waals surface area contributed by atoms with Crippen LogP contribution < -0.4 is 5.32 Å². The first-order valence-electron chi connectivity index (χ1n) is 12.5. The lowest BCUT2D eigenvalue weighted by atomic mass is 9.91. The Balaban J connectivity index is 1.62. The third-order valence-electron chi connectivity index (χ3n) is 7.02. The largest absolute Gasteiger partial charge is 0.463 e. The van der Waals surface area contributed by atoms with E-state index < -0.39 is 17.8 Å². The maximum absolute atomic E-state index is 14.2. The summed E-state index contributed by atoms with van der Waals surface area (Å²) >= 11 is 0. The minimum Gasteiger partial charge on any atom is -0.463 e. The number of ether oxygens (including phenoxy) is 1. The molecule has 2 unspecified atom stereocenters. The lowest BCUT2D eigenvalue weighted by Crippen LogP contribution is -2.56. The van der Waals surface area contributed by atoms with Crippen LogP contribution in [-0.4, -0.2) is 78.5 Å². The van der Waals surface area contributed by atoms with E-state index in [0.717, 1.165) is 11.1 Å². The van der Waals surface area contributed by atoms with E-state index in [1.807, 2.05) is 38.1 Å². The van der Waals surface area contributed by atoms with Crippen LogP contribution in [0.5, 0.6) is 0 Å². The van der Waals surface area contributed by atoms with Gasteiger partial charge in [0.25, 0.3) is 5.91 Å². The van der Waals surface area contributed by atoms with E-state index in [1.54, 1.807) is 31.0 Å². The highest BCUT2D eigenvalue weighted by Crippen LogP contribution is 2.33. The van der Waals surface area contributed by atoms with Crippen LogP contribution in [0.15, 0.2) is 59.8 Å². The van der Waals surface area contributed by atoms with Crippen molar-refractivity contribution in [1.82, 2.24) is 20.0 Å². The van der Waals surface area contributed by atoms with Crippen molar-refractivity contribution in [2.45, 2.75) is 32.9 Å². The van der Waals surface area contributed by atoms with Crippen LogP contribution in [-0.2, 0) is 9.53 Å². The van der Waals surface area contributed by atoms with Crippen LogP contribution in [0, 0.1) is 12.7 Å². The minimum atomic E-state index is -0.639. The Morgan fingerprint density at radius 1 is 1.11 bits per heavy atom. The lowest BCUT2D eigenvalue weighted by molar-refractivity contribution is -0.139. The average molecular weight is 509 g/mol. The van der Waals surface area contributed by atoms with Gasteiger partial charge in [-0.1, -0.05) is 36.4 Å². The van der Waals surface area contributed by atoms with Gasteiger partial charge >= 0.3 is 12.0 Å². The number of likely N-dealkylation sites (N-methyl/N-ethyl adjacent to an activating group) is 1. The summed E-state index contributed by atoms with van der Waals surface area (Å²) in [5, 5.41) is 2.96. The van der Waals surface area contributed by atoms with E-state index in [4.69, 9.17) is 4.74 Å². The molecule has 1 N–H and O–H groups in total. The predicted molar refractivity (Wildman–Crippen MR) is 137 cm³/mol. The van der Waals surface area contributed by atoms with Gasteiger partial charge in [-0.2, -0.15) is 0 Å². The monoisotopic (exact) mass is 508 g/mol. The molecule has 2 aromatic carbocycles. The topological polar surface area (TPSA) is 82.2 Å². The fourth-order valence-corrected chi connectivity index (χ4v) is 5.02. The fourth-order valence-electron chi connectivity index (χ4n) is 5.02. The van der Waals surface area contributed by atoms with Gasteiger partial charge < -0.3 is 15.0 Å². The van der Waals surface area contributed by atoms with Crippen LogP contribution in [0.2, 0.25) is 0 Å². The molecule has 4 rings (SSSR count). The molecule has 37 heavy (non-hydrogen) atoms. The summed E-state index contributed by atoms with van der Waals surface area (Å²) in [5.74, 6) is -1.35. The van der Waals surface area contributed by atoms with Crippen molar-refractivity contribution in [2.24, 2.45) is 0 Å². The van der Waals surface area contributed by atoms with Gasteiger partial charge in [0.2, 0.25) is 0 Å². The maximum Gasteiger partial charge on any atom is 0.338 e. The normalized spacial score (nSPS) is 20.6. The Morgan fingerprint density at radius 2 is 1.81 bits per heavy atom. The third kappa shape index (κ3) is 5.36. The summed E-state index contributed by atoms with van der Waals surface area (Å²) in [5.41, 5.74) is 2.80.